The summed E-state index contributed by atoms with van der Waals surface area (Å²) in [6.45, 7) is 2.36. The fourth-order valence-corrected chi connectivity index (χ4v) is 4.28. The van der Waals surface area contributed by atoms with E-state index in [9.17, 15) is 8.42 Å². The van der Waals surface area contributed by atoms with Gasteiger partial charge in [0.15, 0.2) is 0 Å². The molecule has 5 heteroatoms. The van der Waals surface area contributed by atoms with Gasteiger partial charge in [0, 0.05) is 19.1 Å². The molecule has 1 saturated heterocycles. The maximum Gasteiger partial charge on any atom is 0.216 e. The average molecular weight is 280 g/mol. The number of sulfonamides is 1. The Morgan fingerprint density at radius 3 is 2.58 bits per heavy atom. The van der Waals surface area contributed by atoms with Crippen LogP contribution in [0.4, 0.5) is 0 Å². The van der Waals surface area contributed by atoms with Crippen molar-refractivity contribution < 1.29 is 8.42 Å². The SMILES string of the molecule is O=S(=O)(NC1CC1)[C@@H]1CCN(Cc2ccccc2)C1. The Kier molecular flexibility index (Phi) is 3.60. The zero-order valence-corrected chi connectivity index (χ0v) is 11.8. The molecule has 1 aliphatic carbocycles. The third-order valence-electron chi connectivity index (χ3n) is 3.83. The monoisotopic (exact) mass is 280 g/mol. The van der Waals surface area contributed by atoms with E-state index in [1.54, 1.807) is 0 Å². The molecule has 1 heterocycles. The minimum Gasteiger partial charge on any atom is -0.298 e. The molecule has 19 heavy (non-hydrogen) atoms. The number of hydrogen-bond donors (Lipinski definition) is 1. The van der Waals surface area contributed by atoms with Crippen molar-refractivity contribution in [3.63, 3.8) is 0 Å². The molecule has 2 fully saturated rings. The summed E-state index contributed by atoms with van der Waals surface area (Å²) in [5.74, 6) is 0. The van der Waals surface area contributed by atoms with Gasteiger partial charge in [0.25, 0.3) is 0 Å². The van der Waals surface area contributed by atoms with Crippen LogP contribution >= 0.6 is 0 Å². The highest BCUT2D eigenvalue weighted by atomic mass is 32.2. The van der Waals surface area contributed by atoms with Crippen molar-refractivity contribution in [2.24, 2.45) is 0 Å². The van der Waals surface area contributed by atoms with Gasteiger partial charge in [0.1, 0.15) is 0 Å². The van der Waals surface area contributed by atoms with E-state index in [4.69, 9.17) is 0 Å². The summed E-state index contributed by atoms with van der Waals surface area (Å²) < 4.78 is 27.1. The molecular weight excluding hydrogens is 260 g/mol. The van der Waals surface area contributed by atoms with Gasteiger partial charge in [0.2, 0.25) is 10.0 Å². The Bertz CT molecular complexity index is 526. The van der Waals surface area contributed by atoms with Gasteiger partial charge >= 0.3 is 0 Å². The lowest BCUT2D eigenvalue weighted by molar-refractivity contribution is 0.331. The van der Waals surface area contributed by atoms with E-state index in [2.05, 4.69) is 21.8 Å². The second-order valence-electron chi connectivity index (χ2n) is 5.57. The van der Waals surface area contributed by atoms with Gasteiger partial charge in [-0.2, -0.15) is 0 Å². The van der Waals surface area contributed by atoms with Gasteiger partial charge in [-0.3, -0.25) is 4.90 Å². The fraction of sp³-hybridized carbons (Fsp3) is 0.571. The van der Waals surface area contributed by atoms with Crippen LogP contribution in [-0.4, -0.2) is 37.7 Å². The van der Waals surface area contributed by atoms with Gasteiger partial charge in [-0.1, -0.05) is 30.3 Å². The molecule has 0 bridgehead atoms. The van der Waals surface area contributed by atoms with Crippen molar-refractivity contribution in [2.75, 3.05) is 13.1 Å². The lowest BCUT2D eigenvalue weighted by Crippen LogP contribution is -2.37. The van der Waals surface area contributed by atoms with Crippen LogP contribution in [0.3, 0.4) is 0 Å². The maximum atomic E-state index is 12.1. The summed E-state index contributed by atoms with van der Waals surface area (Å²) in [5, 5.41) is -0.239. The van der Waals surface area contributed by atoms with Crippen molar-refractivity contribution >= 4 is 10.0 Å². The Morgan fingerprint density at radius 2 is 1.89 bits per heavy atom. The zero-order valence-electron chi connectivity index (χ0n) is 11.0. The highest BCUT2D eigenvalue weighted by Crippen LogP contribution is 2.24. The lowest BCUT2D eigenvalue weighted by atomic mass is 10.2. The van der Waals surface area contributed by atoms with Gasteiger partial charge in [0.05, 0.1) is 5.25 Å². The minimum absolute atomic E-state index is 0.216. The van der Waals surface area contributed by atoms with E-state index in [1.807, 2.05) is 18.2 Å². The van der Waals surface area contributed by atoms with E-state index >= 15 is 0 Å². The van der Waals surface area contributed by atoms with Crippen LogP contribution in [0, 0.1) is 0 Å². The normalized spacial score (nSPS) is 24.7. The third kappa shape index (κ3) is 3.35. The molecule has 0 amide bonds. The average Bonchev–Trinajstić information content (AvgIpc) is 3.05. The molecule has 0 radical (unpaired) electrons. The molecule has 0 spiro atoms. The summed E-state index contributed by atoms with van der Waals surface area (Å²) in [6.07, 6.45) is 2.74. The van der Waals surface area contributed by atoms with Gasteiger partial charge in [-0.25, -0.2) is 13.1 Å². The van der Waals surface area contributed by atoms with E-state index in [1.165, 1.54) is 5.56 Å². The van der Waals surface area contributed by atoms with Crippen LogP contribution in [0.1, 0.15) is 24.8 Å². The molecule has 1 aromatic rings. The number of hydrogen-bond acceptors (Lipinski definition) is 3. The minimum atomic E-state index is -3.11. The Hall–Kier alpha value is -0.910. The number of nitrogens with one attached hydrogen (secondary N) is 1. The van der Waals surface area contributed by atoms with Crippen molar-refractivity contribution in [2.45, 2.75) is 37.1 Å². The first-order valence-corrected chi connectivity index (χ1v) is 8.45. The quantitative estimate of drug-likeness (QED) is 0.885. The lowest BCUT2D eigenvalue weighted by Gasteiger charge is -2.16. The van der Waals surface area contributed by atoms with Crippen LogP contribution in [0.2, 0.25) is 0 Å². The highest BCUT2D eigenvalue weighted by Gasteiger charge is 2.36. The van der Waals surface area contributed by atoms with Crippen molar-refractivity contribution in [3.8, 4) is 0 Å². The van der Waals surface area contributed by atoms with Crippen LogP contribution in [0.15, 0.2) is 30.3 Å². The molecule has 104 valence electrons. The zero-order chi connectivity index (χ0) is 13.3. The van der Waals surface area contributed by atoms with Crippen molar-refractivity contribution in [3.05, 3.63) is 35.9 Å². The molecule has 0 aromatic heterocycles. The van der Waals surface area contributed by atoms with Crippen LogP contribution < -0.4 is 4.72 Å². The largest absolute Gasteiger partial charge is 0.298 e. The van der Waals surface area contributed by atoms with Crippen LogP contribution in [-0.2, 0) is 16.6 Å². The van der Waals surface area contributed by atoms with Gasteiger partial charge in [-0.15, -0.1) is 0 Å². The smallest absolute Gasteiger partial charge is 0.216 e. The molecule has 1 N–H and O–H groups in total. The molecule has 2 aliphatic rings. The van der Waals surface area contributed by atoms with E-state index in [-0.39, 0.29) is 11.3 Å². The third-order valence-corrected chi connectivity index (χ3v) is 5.75. The maximum absolute atomic E-state index is 12.1. The van der Waals surface area contributed by atoms with Gasteiger partial charge in [-0.05, 0) is 31.4 Å². The summed E-state index contributed by atoms with van der Waals surface area (Å²) in [5.41, 5.74) is 1.25. The first-order chi connectivity index (χ1) is 9.13. The molecule has 4 nitrogen and oxygen atoms in total. The molecule has 1 atom stereocenters. The van der Waals surface area contributed by atoms with E-state index in [0.717, 1.165) is 32.4 Å². The highest BCUT2D eigenvalue weighted by molar-refractivity contribution is 7.90. The van der Waals surface area contributed by atoms with Crippen molar-refractivity contribution in [1.82, 2.24) is 9.62 Å². The number of likely N-dealkylation sites (tertiary alicyclic amines) is 1. The predicted molar refractivity (Wildman–Crippen MR) is 75.2 cm³/mol. The summed E-state index contributed by atoms with van der Waals surface area (Å²) in [4.78, 5) is 2.23. The predicted octanol–water partition coefficient (Wildman–Crippen LogP) is 1.34. The molecule has 3 rings (SSSR count). The first kappa shape index (κ1) is 13.1. The standard InChI is InChI=1S/C14H20N2O2S/c17-19(18,15-13-6-7-13)14-8-9-16(11-14)10-12-4-2-1-3-5-12/h1-5,13-15H,6-11H2/t14-/m1/s1. The summed E-state index contributed by atoms with van der Waals surface area (Å²) >= 11 is 0. The van der Waals surface area contributed by atoms with E-state index in [0.29, 0.717) is 6.54 Å². The summed E-state index contributed by atoms with van der Waals surface area (Å²) in [7, 11) is -3.11. The molecular formula is C14H20N2O2S. The number of nitrogens with zero attached hydrogens (tertiary/aromatic N) is 1. The molecule has 1 aliphatic heterocycles. The van der Waals surface area contributed by atoms with Crippen LogP contribution in [0.25, 0.3) is 0 Å². The second kappa shape index (κ2) is 5.23. The topological polar surface area (TPSA) is 49.4 Å². The molecule has 0 unspecified atom stereocenters. The Labute approximate surface area is 114 Å². The Balaban J connectivity index is 1.57. The van der Waals surface area contributed by atoms with Crippen molar-refractivity contribution in [1.29, 1.82) is 0 Å². The first-order valence-electron chi connectivity index (χ1n) is 6.91. The van der Waals surface area contributed by atoms with E-state index < -0.39 is 10.0 Å². The van der Waals surface area contributed by atoms with Crippen LogP contribution in [0.5, 0.6) is 0 Å². The molecule has 1 aromatic carbocycles. The second-order valence-corrected chi connectivity index (χ2v) is 7.56. The fourth-order valence-electron chi connectivity index (χ4n) is 2.57. The molecule has 1 saturated carbocycles. The summed E-state index contributed by atoms with van der Waals surface area (Å²) in [6, 6.07) is 10.4. The number of benzene rings is 1. The van der Waals surface area contributed by atoms with Gasteiger partial charge < -0.3 is 0 Å². The number of rotatable bonds is 5. The Morgan fingerprint density at radius 1 is 1.16 bits per heavy atom.